The number of hydrogen-bond donors (Lipinski definition) is 1. The minimum atomic E-state index is -2.85. The molecule has 1 aromatic rings. The third-order valence-corrected chi connectivity index (χ3v) is 3.99. The first-order valence-corrected chi connectivity index (χ1v) is 7.61. The van der Waals surface area contributed by atoms with Gasteiger partial charge in [0.1, 0.15) is 0 Å². The van der Waals surface area contributed by atoms with Crippen LogP contribution in [0, 0.1) is 5.92 Å². The third-order valence-electron chi connectivity index (χ3n) is 3.99. The van der Waals surface area contributed by atoms with Gasteiger partial charge in [-0.25, -0.2) is 0 Å². The van der Waals surface area contributed by atoms with Crippen LogP contribution in [0.3, 0.4) is 0 Å². The fourth-order valence-corrected chi connectivity index (χ4v) is 2.65. The lowest BCUT2D eigenvalue weighted by atomic mass is 9.94. The molecule has 1 N–H and O–H groups in total. The van der Waals surface area contributed by atoms with Crippen molar-refractivity contribution in [3.8, 4) is 11.5 Å². The maximum atomic E-state index is 12.3. The highest BCUT2D eigenvalue weighted by Gasteiger charge is 2.15. The fraction of sp³-hybridized carbons (Fsp3) is 0.529. The smallest absolute Gasteiger partial charge is 0.387 e. The number of hydrogen-bond acceptors (Lipinski definition) is 3. The normalized spacial score (nSPS) is 19.2. The zero-order chi connectivity index (χ0) is 15.9. The predicted molar refractivity (Wildman–Crippen MR) is 82.5 cm³/mol. The molecule has 5 heteroatoms. The Bertz CT molecular complexity index is 505. The van der Waals surface area contributed by atoms with E-state index < -0.39 is 6.61 Å². The minimum Gasteiger partial charge on any atom is -0.493 e. The van der Waals surface area contributed by atoms with E-state index in [1.165, 1.54) is 19.6 Å². The van der Waals surface area contributed by atoms with Crippen LogP contribution in [0.25, 0.3) is 0 Å². The molecule has 0 saturated heterocycles. The van der Waals surface area contributed by atoms with Crippen molar-refractivity contribution in [2.75, 3.05) is 13.7 Å². The van der Waals surface area contributed by atoms with Crippen LogP contribution < -0.4 is 14.8 Å². The van der Waals surface area contributed by atoms with Gasteiger partial charge in [0, 0.05) is 6.04 Å². The maximum absolute atomic E-state index is 12.3. The molecule has 0 saturated carbocycles. The number of alkyl halides is 2. The summed E-state index contributed by atoms with van der Waals surface area (Å²) in [7, 11) is 1.45. The van der Waals surface area contributed by atoms with Crippen LogP contribution in [0.1, 0.15) is 37.8 Å². The Kier molecular flexibility index (Phi) is 6.19. The second-order valence-corrected chi connectivity index (χ2v) is 5.57. The van der Waals surface area contributed by atoms with E-state index in [-0.39, 0.29) is 11.8 Å². The van der Waals surface area contributed by atoms with E-state index in [1.807, 2.05) is 0 Å². The lowest BCUT2D eigenvalue weighted by Crippen LogP contribution is -2.26. The highest BCUT2D eigenvalue weighted by Crippen LogP contribution is 2.31. The number of rotatable bonds is 7. The molecule has 0 amide bonds. The van der Waals surface area contributed by atoms with E-state index in [0.29, 0.717) is 11.7 Å². The van der Waals surface area contributed by atoms with Crippen molar-refractivity contribution >= 4 is 0 Å². The van der Waals surface area contributed by atoms with Crippen LogP contribution in [0.5, 0.6) is 11.5 Å². The van der Waals surface area contributed by atoms with Crippen LogP contribution in [0.2, 0.25) is 0 Å². The Morgan fingerprint density at radius 1 is 1.27 bits per heavy atom. The van der Waals surface area contributed by atoms with E-state index in [4.69, 9.17) is 4.74 Å². The van der Waals surface area contributed by atoms with Gasteiger partial charge in [0.05, 0.1) is 7.11 Å². The summed E-state index contributed by atoms with van der Waals surface area (Å²) in [5.41, 5.74) is 0.991. The number of benzene rings is 1. The number of halogens is 2. The Balaban J connectivity index is 1.96. The number of methoxy groups -OCH3 is 1. The highest BCUT2D eigenvalue weighted by atomic mass is 19.3. The van der Waals surface area contributed by atoms with Crippen molar-refractivity contribution in [2.24, 2.45) is 5.92 Å². The van der Waals surface area contributed by atoms with Crippen LogP contribution in [0.15, 0.2) is 30.4 Å². The highest BCUT2D eigenvalue weighted by molar-refractivity contribution is 5.43. The van der Waals surface area contributed by atoms with Gasteiger partial charge in [-0.1, -0.05) is 18.2 Å². The minimum absolute atomic E-state index is 0.0610. The molecule has 0 fully saturated rings. The monoisotopic (exact) mass is 311 g/mol. The fourth-order valence-electron chi connectivity index (χ4n) is 2.65. The molecule has 0 heterocycles. The summed E-state index contributed by atoms with van der Waals surface area (Å²) in [4.78, 5) is 0. The average Bonchev–Trinajstić information content (AvgIpc) is 2.53. The van der Waals surface area contributed by atoms with Gasteiger partial charge in [0.15, 0.2) is 11.5 Å². The molecular formula is C17H23F2NO2. The van der Waals surface area contributed by atoms with Crippen molar-refractivity contribution in [1.29, 1.82) is 0 Å². The molecule has 0 aromatic heterocycles. The molecule has 1 aliphatic rings. The topological polar surface area (TPSA) is 30.5 Å². The van der Waals surface area contributed by atoms with Crippen molar-refractivity contribution in [3.63, 3.8) is 0 Å². The molecule has 0 aliphatic heterocycles. The second kappa shape index (κ2) is 8.13. The molecule has 2 atom stereocenters. The maximum Gasteiger partial charge on any atom is 0.387 e. The molecule has 3 nitrogen and oxygen atoms in total. The summed E-state index contributed by atoms with van der Waals surface area (Å²) in [5, 5.41) is 3.50. The lowest BCUT2D eigenvalue weighted by Gasteiger charge is -2.22. The Hall–Kier alpha value is -1.62. The first-order valence-electron chi connectivity index (χ1n) is 7.61. The van der Waals surface area contributed by atoms with Gasteiger partial charge in [-0.05, 0) is 56.3 Å². The largest absolute Gasteiger partial charge is 0.493 e. The summed E-state index contributed by atoms with van der Waals surface area (Å²) in [6.07, 6.45) is 7.94. The zero-order valence-corrected chi connectivity index (χ0v) is 13.0. The van der Waals surface area contributed by atoms with E-state index in [0.717, 1.165) is 24.9 Å². The van der Waals surface area contributed by atoms with Crippen LogP contribution in [-0.2, 0) is 0 Å². The molecule has 2 unspecified atom stereocenters. The predicted octanol–water partition coefficient (Wildman–Crippen LogP) is 4.30. The quantitative estimate of drug-likeness (QED) is 0.761. The van der Waals surface area contributed by atoms with Gasteiger partial charge >= 0.3 is 6.61 Å². The molecule has 122 valence electrons. The molecular weight excluding hydrogens is 288 g/mol. The Morgan fingerprint density at radius 3 is 2.73 bits per heavy atom. The van der Waals surface area contributed by atoms with Gasteiger partial charge in [-0.2, -0.15) is 8.78 Å². The first kappa shape index (κ1) is 16.7. The third kappa shape index (κ3) is 4.70. The van der Waals surface area contributed by atoms with Crippen molar-refractivity contribution in [1.82, 2.24) is 5.32 Å². The summed E-state index contributed by atoms with van der Waals surface area (Å²) in [6.45, 7) is 0.152. The van der Waals surface area contributed by atoms with E-state index >= 15 is 0 Å². The second-order valence-electron chi connectivity index (χ2n) is 5.57. The van der Waals surface area contributed by atoms with Gasteiger partial charge in [0.2, 0.25) is 0 Å². The average molecular weight is 311 g/mol. The van der Waals surface area contributed by atoms with Crippen molar-refractivity contribution in [2.45, 2.75) is 38.8 Å². The lowest BCUT2D eigenvalue weighted by molar-refractivity contribution is -0.0512. The first-order chi connectivity index (χ1) is 10.6. The number of allylic oxidation sites excluding steroid dienone is 2. The Labute approximate surface area is 130 Å². The van der Waals surface area contributed by atoms with Gasteiger partial charge in [-0.3, -0.25) is 0 Å². The van der Waals surface area contributed by atoms with E-state index in [2.05, 4.69) is 29.1 Å². The summed E-state index contributed by atoms with van der Waals surface area (Å²) >= 11 is 0. The van der Waals surface area contributed by atoms with Crippen LogP contribution >= 0.6 is 0 Å². The summed E-state index contributed by atoms with van der Waals surface area (Å²) < 4.78 is 34.2. The molecule has 22 heavy (non-hydrogen) atoms. The van der Waals surface area contributed by atoms with Gasteiger partial charge < -0.3 is 14.8 Å². The van der Waals surface area contributed by atoms with Crippen LogP contribution in [0.4, 0.5) is 8.78 Å². The molecule has 1 aromatic carbocycles. The standard InChI is InChI=1S/C17H23F2NO2/c1-12(20-11-13-6-4-3-5-7-13)14-8-9-15(22-17(18)19)16(10-14)21-2/h3-4,8-10,12-13,17,20H,5-7,11H2,1-2H3. The van der Waals surface area contributed by atoms with Crippen LogP contribution in [-0.4, -0.2) is 20.3 Å². The molecule has 2 rings (SSSR count). The molecule has 0 bridgehead atoms. The number of ether oxygens (including phenoxy) is 2. The van der Waals surface area contributed by atoms with Gasteiger partial charge in [0.25, 0.3) is 0 Å². The molecule has 0 radical (unpaired) electrons. The van der Waals surface area contributed by atoms with E-state index in [9.17, 15) is 8.78 Å². The molecule has 1 aliphatic carbocycles. The Morgan fingerprint density at radius 2 is 2.09 bits per heavy atom. The summed E-state index contributed by atoms with van der Waals surface area (Å²) in [6, 6.07) is 5.19. The zero-order valence-electron chi connectivity index (χ0n) is 13.0. The van der Waals surface area contributed by atoms with Crippen molar-refractivity contribution < 1.29 is 18.3 Å². The SMILES string of the molecule is COc1cc(C(C)NCC2CC=CCC2)ccc1OC(F)F. The van der Waals surface area contributed by atoms with Gasteiger partial charge in [-0.15, -0.1) is 0 Å². The van der Waals surface area contributed by atoms with E-state index in [1.54, 1.807) is 12.1 Å². The summed E-state index contributed by atoms with van der Waals surface area (Å²) in [5.74, 6) is 1.05. The van der Waals surface area contributed by atoms with Crippen molar-refractivity contribution in [3.05, 3.63) is 35.9 Å². The molecule has 0 spiro atoms. The number of nitrogens with one attached hydrogen (secondary N) is 1.